The van der Waals surface area contributed by atoms with E-state index in [9.17, 15) is 13.0 Å². The molecule has 0 unspecified atom stereocenters. The first kappa shape index (κ1) is 33.3. The number of aromatic nitrogens is 6. The third-order valence-electron chi connectivity index (χ3n) is 6.82. The van der Waals surface area contributed by atoms with Crippen molar-refractivity contribution in [2.24, 2.45) is 0 Å². The zero-order valence-corrected chi connectivity index (χ0v) is 27.5. The molecule has 50 heavy (non-hydrogen) atoms. The summed E-state index contributed by atoms with van der Waals surface area (Å²) in [6.07, 6.45) is 3.30. The average Bonchev–Trinajstić information content (AvgIpc) is 3.12. The predicted molar refractivity (Wildman–Crippen MR) is 190 cm³/mol. The van der Waals surface area contributed by atoms with Crippen LogP contribution in [0.4, 0.5) is 46.5 Å². The van der Waals surface area contributed by atoms with Crippen molar-refractivity contribution in [2.45, 2.75) is 4.90 Å². The van der Waals surface area contributed by atoms with Crippen LogP contribution in [-0.2, 0) is 10.1 Å². The highest BCUT2D eigenvalue weighted by Gasteiger charge is 2.16. The van der Waals surface area contributed by atoms with Gasteiger partial charge in [0.25, 0.3) is 10.1 Å². The molecule has 0 aliphatic heterocycles. The Morgan fingerprint density at radius 1 is 0.540 bits per heavy atom. The van der Waals surface area contributed by atoms with E-state index < -0.39 is 10.1 Å². The number of nitrogens with one attached hydrogen (secondary N) is 4. The summed E-state index contributed by atoms with van der Waals surface area (Å²) in [5.74, 6) is 0.871. The molecule has 0 bridgehead atoms. The van der Waals surface area contributed by atoms with Crippen molar-refractivity contribution in [2.75, 3.05) is 35.5 Å². The number of ether oxygens (including phenoxy) is 2. The molecule has 0 spiro atoms. The SMILES string of the molecule is COc1nc(Nc2ccccc2)nc(Nc2ccc(/C=C/c3ccc(Nc4nc(Nc5ccccc5)nc(OC)n4)cc3S(=O)(=O)O)cc2)n1. The first-order valence-electron chi connectivity index (χ1n) is 14.9. The lowest BCUT2D eigenvalue weighted by molar-refractivity contribution is 0.379. The van der Waals surface area contributed by atoms with Gasteiger partial charge in [0.1, 0.15) is 4.90 Å². The standard InChI is InChI=1S/C34H30N10O5S/c1-48-33-41-29(35-24-9-5-3-6-10-24)39-31(43-33)37-26-18-14-22(15-19-26)13-16-23-17-20-27(21-28(23)50(45,46)47)38-32-40-30(42-34(44-32)49-2)36-25-11-7-4-8-12-25/h3-21H,1-2H3,(H,45,46,47)(H2,35,37,39,41,43)(H2,36,38,40,42,44)/b16-13+. The van der Waals surface area contributed by atoms with Gasteiger partial charge in [0.05, 0.1) is 14.2 Å². The highest BCUT2D eigenvalue weighted by molar-refractivity contribution is 7.86. The first-order chi connectivity index (χ1) is 24.2. The number of methoxy groups -OCH3 is 2. The maximum Gasteiger partial charge on any atom is 0.322 e. The summed E-state index contributed by atoms with van der Waals surface area (Å²) in [5.41, 5.74) is 3.56. The second-order valence-corrected chi connectivity index (χ2v) is 11.7. The molecule has 0 aliphatic rings. The summed E-state index contributed by atoms with van der Waals surface area (Å²) < 4.78 is 45.3. The minimum atomic E-state index is -4.61. The number of hydrogen-bond acceptors (Lipinski definition) is 14. The normalized spacial score (nSPS) is 11.2. The van der Waals surface area contributed by atoms with E-state index in [0.717, 1.165) is 16.9 Å². The number of para-hydroxylation sites is 2. The maximum absolute atomic E-state index is 12.4. The first-order valence-corrected chi connectivity index (χ1v) is 16.4. The lowest BCUT2D eigenvalue weighted by Gasteiger charge is -2.11. The van der Waals surface area contributed by atoms with E-state index in [1.807, 2.05) is 72.8 Å². The zero-order chi connectivity index (χ0) is 34.9. The lowest BCUT2D eigenvalue weighted by atomic mass is 10.1. The molecule has 2 heterocycles. The van der Waals surface area contributed by atoms with Crippen molar-refractivity contribution >= 4 is 68.8 Å². The van der Waals surface area contributed by atoms with Gasteiger partial charge in [0, 0.05) is 22.7 Å². The lowest BCUT2D eigenvalue weighted by Crippen LogP contribution is -2.07. The van der Waals surface area contributed by atoms with Gasteiger partial charge in [-0.05, 0) is 59.7 Å². The molecule has 15 nitrogen and oxygen atoms in total. The smallest absolute Gasteiger partial charge is 0.322 e. The van der Waals surface area contributed by atoms with Crippen LogP contribution in [0.1, 0.15) is 11.1 Å². The highest BCUT2D eigenvalue weighted by atomic mass is 32.2. The van der Waals surface area contributed by atoms with Gasteiger partial charge in [-0.1, -0.05) is 66.7 Å². The molecule has 0 atom stereocenters. The van der Waals surface area contributed by atoms with E-state index in [2.05, 4.69) is 51.2 Å². The van der Waals surface area contributed by atoms with E-state index in [1.54, 1.807) is 36.4 Å². The van der Waals surface area contributed by atoms with Crippen molar-refractivity contribution in [1.29, 1.82) is 0 Å². The quantitative estimate of drug-likeness (QED) is 0.0652. The van der Waals surface area contributed by atoms with Crippen LogP contribution in [0.2, 0.25) is 0 Å². The monoisotopic (exact) mass is 690 g/mol. The molecule has 0 fully saturated rings. The Labute approximate surface area is 287 Å². The second kappa shape index (κ2) is 15.1. The highest BCUT2D eigenvalue weighted by Crippen LogP contribution is 2.26. The fraction of sp³-hybridized carbons (Fsp3) is 0.0588. The van der Waals surface area contributed by atoms with Crippen LogP contribution in [0.3, 0.4) is 0 Å². The maximum atomic E-state index is 12.4. The number of rotatable bonds is 13. The molecule has 5 N–H and O–H groups in total. The average molecular weight is 691 g/mol. The van der Waals surface area contributed by atoms with Crippen molar-refractivity contribution in [1.82, 2.24) is 29.9 Å². The van der Waals surface area contributed by atoms with E-state index in [1.165, 1.54) is 20.3 Å². The third-order valence-corrected chi connectivity index (χ3v) is 7.73. The summed E-state index contributed by atoms with van der Waals surface area (Å²) in [6.45, 7) is 0. The van der Waals surface area contributed by atoms with Gasteiger partial charge in [0.15, 0.2) is 0 Å². The molecule has 252 valence electrons. The Balaban J connectivity index is 1.17. The number of benzene rings is 4. The Kier molecular flexibility index (Phi) is 10.0. The van der Waals surface area contributed by atoms with Crippen molar-refractivity contribution in [3.8, 4) is 12.0 Å². The van der Waals surface area contributed by atoms with Crippen LogP contribution in [0, 0.1) is 0 Å². The molecule has 2 aromatic heterocycles. The van der Waals surface area contributed by atoms with Gasteiger partial charge >= 0.3 is 12.0 Å². The van der Waals surface area contributed by atoms with E-state index >= 15 is 0 Å². The molecule has 4 aromatic carbocycles. The second-order valence-electron chi connectivity index (χ2n) is 10.4. The summed E-state index contributed by atoms with van der Waals surface area (Å²) >= 11 is 0. The third kappa shape index (κ3) is 8.82. The van der Waals surface area contributed by atoms with Crippen LogP contribution in [0.15, 0.2) is 108 Å². The molecule has 0 amide bonds. The van der Waals surface area contributed by atoms with Crippen molar-refractivity contribution < 1.29 is 22.4 Å². The van der Waals surface area contributed by atoms with Crippen molar-refractivity contribution in [3.05, 3.63) is 114 Å². The molecular weight excluding hydrogens is 661 g/mol. The topological polar surface area (TPSA) is 198 Å². The molecule has 6 rings (SSSR count). The van der Waals surface area contributed by atoms with Gasteiger partial charge in [0.2, 0.25) is 23.8 Å². The number of nitrogens with zero attached hydrogens (tertiary/aromatic N) is 6. The van der Waals surface area contributed by atoms with Crippen LogP contribution in [0.5, 0.6) is 12.0 Å². The van der Waals surface area contributed by atoms with Crippen LogP contribution in [0.25, 0.3) is 12.2 Å². The summed E-state index contributed by atoms with van der Waals surface area (Å²) in [6, 6.07) is 30.6. The van der Waals surface area contributed by atoms with Crippen LogP contribution in [-0.4, -0.2) is 57.1 Å². The largest absolute Gasteiger partial charge is 0.467 e. The molecule has 0 aliphatic carbocycles. The summed E-state index contributed by atoms with van der Waals surface area (Å²) in [7, 11) is -1.72. The molecule has 16 heteroatoms. The Bertz CT molecular complexity index is 2220. The Morgan fingerprint density at radius 3 is 1.40 bits per heavy atom. The number of anilines is 8. The summed E-state index contributed by atoms with van der Waals surface area (Å²) in [5, 5.41) is 12.3. The van der Waals surface area contributed by atoms with Gasteiger partial charge in [-0.3, -0.25) is 4.55 Å². The molecule has 0 radical (unpaired) electrons. The van der Waals surface area contributed by atoms with Gasteiger partial charge in [-0.2, -0.15) is 38.3 Å². The summed E-state index contributed by atoms with van der Waals surface area (Å²) in [4.78, 5) is 25.4. The molecule has 6 aromatic rings. The van der Waals surface area contributed by atoms with Gasteiger partial charge in [-0.25, -0.2) is 0 Å². The Hall–Kier alpha value is -6.65. The van der Waals surface area contributed by atoms with Crippen molar-refractivity contribution in [3.63, 3.8) is 0 Å². The molecular formula is C34H30N10O5S. The van der Waals surface area contributed by atoms with Gasteiger partial charge in [-0.15, -0.1) is 0 Å². The minimum Gasteiger partial charge on any atom is -0.467 e. The van der Waals surface area contributed by atoms with Crippen LogP contribution >= 0.6 is 0 Å². The number of hydrogen-bond donors (Lipinski definition) is 5. The van der Waals surface area contributed by atoms with E-state index in [-0.39, 0.29) is 40.3 Å². The van der Waals surface area contributed by atoms with E-state index in [4.69, 9.17) is 9.47 Å². The van der Waals surface area contributed by atoms with Crippen LogP contribution < -0.4 is 30.7 Å². The minimum absolute atomic E-state index is 0.0366. The fourth-order valence-corrected chi connectivity index (χ4v) is 5.23. The fourth-order valence-electron chi connectivity index (χ4n) is 4.52. The van der Waals surface area contributed by atoms with Gasteiger partial charge < -0.3 is 30.7 Å². The molecule has 0 saturated heterocycles. The Morgan fingerprint density at radius 2 is 0.960 bits per heavy atom. The van der Waals surface area contributed by atoms with E-state index in [0.29, 0.717) is 17.3 Å². The predicted octanol–water partition coefficient (Wildman–Crippen LogP) is 6.47. The molecule has 0 saturated carbocycles. The zero-order valence-electron chi connectivity index (χ0n) is 26.6.